The summed E-state index contributed by atoms with van der Waals surface area (Å²) in [4.78, 5) is 12.1. The average Bonchev–Trinajstić information content (AvgIpc) is 2.48. The third kappa shape index (κ3) is 3.74. The van der Waals surface area contributed by atoms with Crippen LogP contribution >= 0.6 is 27.5 Å². The predicted octanol–water partition coefficient (Wildman–Crippen LogP) is 3.45. The van der Waals surface area contributed by atoms with Crippen LogP contribution in [0.25, 0.3) is 0 Å². The topological polar surface area (TPSA) is 87.7 Å². The first kappa shape index (κ1) is 15.3. The van der Waals surface area contributed by atoms with Crippen LogP contribution in [0.4, 0.5) is 5.69 Å². The van der Waals surface area contributed by atoms with Gasteiger partial charge in [-0.25, -0.2) is 0 Å². The zero-order valence-corrected chi connectivity index (χ0v) is 13.0. The van der Waals surface area contributed by atoms with E-state index in [-0.39, 0.29) is 11.7 Å². The number of carbonyl (C=O) groups is 1. The van der Waals surface area contributed by atoms with E-state index in [0.717, 1.165) is 0 Å². The second-order valence-electron chi connectivity index (χ2n) is 4.14. The van der Waals surface area contributed by atoms with Crippen molar-refractivity contribution in [3.8, 4) is 0 Å². The van der Waals surface area contributed by atoms with E-state index in [1.807, 2.05) is 0 Å². The summed E-state index contributed by atoms with van der Waals surface area (Å²) in [7, 11) is 0. The molecule has 0 saturated carbocycles. The molecule has 5 nitrogen and oxygen atoms in total. The predicted molar refractivity (Wildman–Crippen MR) is 86.1 cm³/mol. The molecule has 2 aromatic rings. The van der Waals surface area contributed by atoms with Crippen molar-refractivity contribution in [2.45, 2.75) is 0 Å². The number of halogens is 2. The zero-order valence-electron chi connectivity index (χ0n) is 10.7. The monoisotopic (exact) mass is 367 g/mol. The molecule has 0 saturated heterocycles. The molecule has 108 valence electrons. The number of hydrogen-bond donors (Lipinski definition) is 3. The lowest BCUT2D eigenvalue weighted by Crippen LogP contribution is -2.15. The van der Waals surface area contributed by atoms with Gasteiger partial charge in [-0.3, -0.25) is 4.79 Å². The number of oxime groups is 1. The number of benzene rings is 2. The lowest BCUT2D eigenvalue weighted by Gasteiger charge is -2.09. The van der Waals surface area contributed by atoms with Crippen LogP contribution in [0.3, 0.4) is 0 Å². The number of rotatable bonds is 3. The smallest absolute Gasteiger partial charge is 0.255 e. The lowest BCUT2D eigenvalue weighted by molar-refractivity contribution is 0.102. The van der Waals surface area contributed by atoms with E-state index < -0.39 is 0 Å². The Hall–Kier alpha value is -2.05. The number of hydrogen-bond acceptors (Lipinski definition) is 3. The van der Waals surface area contributed by atoms with Crippen LogP contribution in [-0.4, -0.2) is 17.0 Å². The summed E-state index contributed by atoms with van der Waals surface area (Å²) in [6, 6.07) is 11.6. The van der Waals surface area contributed by atoms with E-state index in [1.54, 1.807) is 42.5 Å². The first-order valence-electron chi connectivity index (χ1n) is 5.85. The molecule has 2 aromatic carbocycles. The quantitative estimate of drug-likeness (QED) is 0.335. The molecule has 0 unspecified atom stereocenters. The first-order chi connectivity index (χ1) is 10.0. The minimum atomic E-state index is -0.283. The molecule has 2 rings (SSSR count). The van der Waals surface area contributed by atoms with Crippen molar-refractivity contribution in [2.24, 2.45) is 10.9 Å². The largest absolute Gasteiger partial charge is 0.409 e. The molecule has 0 aliphatic rings. The van der Waals surface area contributed by atoms with E-state index in [2.05, 4.69) is 26.4 Å². The Morgan fingerprint density at radius 1 is 1.24 bits per heavy atom. The first-order valence-corrected chi connectivity index (χ1v) is 7.02. The summed E-state index contributed by atoms with van der Waals surface area (Å²) in [5, 5.41) is 14.8. The van der Waals surface area contributed by atoms with Gasteiger partial charge < -0.3 is 16.3 Å². The second-order valence-corrected chi connectivity index (χ2v) is 5.44. The molecule has 0 radical (unpaired) electrons. The second kappa shape index (κ2) is 6.60. The van der Waals surface area contributed by atoms with Gasteiger partial charge in [0.1, 0.15) is 0 Å². The number of anilines is 1. The van der Waals surface area contributed by atoms with Gasteiger partial charge in [0.15, 0.2) is 5.84 Å². The summed E-state index contributed by atoms with van der Waals surface area (Å²) < 4.78 is 0.613. The number of nitrogens with zero attached hydrogens (tertiary/aromatic N) is 1. The van der Waals surface area contributed by atoms with Crippen molar-refractivity contribution in [1.82, 2.24) is 0 Å². The lowest BCUT2D eigenvalue weighted by atomic mass is 10.1. The maximum absolute atomic E-state index is 12.1. The number of nitrogens with one attached hydrogen (secondary N) is 1. The van der Waals surface area contributed by atoms with E-state index in [4.69, 9.17) is 22.5 Å². The normalized spacial score (nSPS) is 11.2. The molecule has 0 aliphatic heterocycles. The number of amides is 1. The van der Waals surface area contributed by atoms with Crippen LogP contribution in [-0.2, 0) is 0 Å². The van der Waals surface area contributed by atoms with Gasteiger partial charge in [0.2, 0.25) is 0 Å². The highest BCUT2D eigenvalue weighted by Crippen LogP contribution is 2.24. The molecule has 0 aliphatic carbocycles. The van der Waals surface area contributed by atoms with Crippen LogP contribution < -0.4 is 11.1 Å². The third-order valence-corrected chi connectivity index (χ3v) is 3.60. The van der Waals surface area contributed by atoms with E-state index in [0.29, 0.717) is 26.3 Å². The summed E-state index contributed by atoms with van der Waals surface area (Å²) in [6.45, 7) is 0. The Morgan fingerprint density at radius 2 is 2.00 bits per heavy atom. The van der Waals surface area contributed by atoms with Gasteiger partial charge in [-0.2, -0.15) is 0 Å². The van der Waals surface area contributed by atoms with E-state index >= 15 is 0 Å². The Balaban J connectivity index is 2.22. The standard InChI is InChI=1S/C14H11BrClN3O2/c15-11-7-8(13(17)19-21)4-5-12(11)18-14(20)9-2-1-3-10(16)6-9/h1-7,21H,(H2,17,19)(H,18,20). The van der Waals surface area contributed by atoms with Crippen LogP contribution in [0.15, 0.2) is 52.1 Å². The molecule has 0 aromatic heterocycles. The van der Waals surface area contributed by atoms with Crippen LogP contribution in [0, 0.1) is 0 Å². The molecule has 0 spiro atoms. The van der Waals surface area contributed by atoms with Crippen LogP contribution in [0.1, 0.15) is 15.9 Å². The molecule has 0 atom stereocenters. The summed E-state index contributed by atoms with van der Waals surface area (Å²) >= 11 is 9.18. The van der Waals surface area contributed by atoms with Crippen molar-refractivity contribution in [1.29, 1.82) is 0 Å². The highest BCUT2D eigenvalue weighted by molar-refractivity contribution is 9.10. The van der Waals surface area contributed by atoms with Crippen molar-refractivity contribution < 1.29 is 10.0 Å². The fourth-order valence-corrected chi connectivity index (χ4v) is 2.33. The van der Waals surface area contributed by atoms with Crippen molar-refractivity contribution in [3.05, 3.63) is 63.1 Å². The van der Waals surface area contributed by atoms with Crippen LogP contribution in [0.2, 0.25) is 5.02 Å². The molecule has 1 amide bonds. The van der Waals surface area contributed by atoms with Gasteiger partial charge in [0, 0.05) is 20.6 Å². The van der Waals surface area contributed by atoms with E-state index in [1.165, 1.54) is 0 Å². The van der Waals surface area contributed by atoms with Crippen molar-refractivity contribution in [3.63, 3.8) is 0 Å². The minimum Gasteiger partial charge on any atom is -0.409 e. The van der Waals surface area contributed by atoms with Crippen LogP contribution in [0.5, 0.6) is 0 Å². The fourth-order valence-electron chi connectivity index (χ4n) is 1.66. The van der Waals surface area contributed by atoms with Gasteiger partial charge in [0.05, 0.1) is 5.69 Å². The third-order valence-electron chi connectivity index (χ3n) is 2.71. The maximum atomic E-state index is 12.1. The average molecular weight is 369 g/mol. The molecule has 0 bridgehead atoms. The molecule has 7 heteroatoms. The Morgan fingerprint density at radius 3 is 2.62 bits per heavy atom. The molecular weight excluding hydrogens is 358 g/mol. The Kier molecular flexibility index (Phi) is 4.82. The SMILES string of the molecule is N/C(=N/O)c1ccc(NC(=O)c2cccc(Cl)c2)c(Br)c1. The molecule has 0 fully saturated rings. The summed E-state index contributed by atoms with van der Waals surface area (Å²) in [5.74, 6) is -0.293. The number of carbonyl (C=O) groups excluding carboxylic acids is 1. The Bertz CT molecular complexity index is 719. The summed E-state index contributed by atoms with van der Waals surface area (Å²) in [5.41, 5.74) is 7.05. The zero-order chi connectivity index (χ0) is 15.4. The molecular formula is C14H11BrClN3O2. The van der Waals surface area contributed by atoms with Gasteiger partial charge in [-0.1, -0.05) is 22.8 Å². The van der Waals surface area contributed by atoms with Crippen molar-refractivity contribution >= 4 is 45.0 Å². The van der Waals surface area contributed by atoms with Gasteiger partial charge in [-0.15, -0.1) is 0 Å². The molecule has 21 heavy (non-hydrogen) atoms. The Labute approximate surface area is 134 Å². The van der Waals surface area contributed by atoms with Gasteiger partial charge in [0.25, 0.3) is 5.91 Å². The number of nitrogens with two attached hydrogens (primary N) is 1. The van der Waals surface area contributed by atoms with E-state index in [9.17, 15) is 4.79 Å². The van der Waals surface area contributed by atoms with Gasteiger partial charge in [-0.05, 0) is 52.3 Å². The minimum absolute atomic E-state index is 0.0107. The summed E-state index contributed by atoms with van der Waals surface area (Å²) in [6.07, 6.45) is 0. The maximum Gasteiger partial charge on any atom is 0.255 e. The molecule has 4 N–H and O–H groups in total. The number of amidine groups is 1. The molecule has 0 heterocycles. The highest BCUT2D eigenvalue weighted by Gasteiger charge is 2.10. The van der Waals surface area contributed by atoms with Gasteiger partial charge >= 0.3 is 0 Å². The highest BCUT2D eigenvalue weighted by atomic mass is 79.9. The van der Waals surface area contributed by atoms with Crippen molar-refractivity contribution in [2.75, 3.05) is 5.32 Å². The fraction of sp³-hybridized carbons (Fsp3) is 0.